The number of aliphatic carboxylic acids is 2. The Bertz CT molecular complexity index is 1250. The SMILES string of the molecule is O=C(O)C(=O)O.O=c1n(CCCN2C3CCC2CC(OCc2ccccc2F)C3)nc2ccccn12. The van der Waals surface area contributed by atoms with Crippen LogP contribution in [0.1, 0.15) is 37.7 Å². The minimum Gasteiger partial charge on any atom is -0.473 e. The van der Waals surface area contributed by atoms with Crippen LogP contribution in [0, 0.1) is 5.82 Å². The summed E-state index contributed by atoms with van der Waals surface area (Å²) in [5.41, 5.74) is 1.24. The molecule has 10 nitrogen and oxygen atoms in total. The summed E-state index contributed by atoms with van der Waals surface area (Å²) < 4.78 is 23.1. The number of nitrogens with zero attached hydrogens (tertiary/aromatic N) is 4. The molecule has 0 saturated carbocycles. The van der Waals surface area contributed by atoms with Crippen LogP contribution < -0.4 is 5.69 Å². The summed E-state index contributed by atoms with van der Waals surface area (Å²) in [6, 6.07) is 13.5. The Labute approximate surface area is 206 Å². The van der Waals surface area contributed by atoms with E-state index in [1.54, 1.807) is 27.4 Å². The number of piperidine rings is 1. The van der Waals surface area contributed by atoms with Gasteiger partial charge in [-0.2, -0.15) is 0 Å². The number of pyridine rings is 1. The van der Waals surface area contributed by atoms with Crippen molar-refractivity contribution in [3.05, 3.63) is 70.5 Å². The van der Waals surface area contributed by atoms with Crippen LogP contribution in [0.5, 0.6) is 0 Å². The molecule has 2 aliphatic heterocycles. The molecular weight excluding hydrogens is 471 g/mol. The van der Waals surface area contributed by atoms with Crippen molar-refractivity contribution >= 4 is 17.6 Å². The van der Waals surface area contributed by atoms with Crippen LogP contribution in [0.15, 0.2) is 53.5 Å². The second-order valence-corrected chi connectivity index (χ2v) is 9.02. The lowest BCUT2D eigenvalue weighted by atomic mass is 9.99. The zero-order valence-electron chi connectivity index (χ0n) is 19.7. The lowest BCUT2D eigenvalue weighted by Crippen LogP contribution is -2.46. The topological polar surface area (TPSA) is 126 Å². The number of hydrogen-bond acceptors (Lipinski definition) is 6. The monoisotopic (exact) mass is 500 g/mol. The number of carbonyl (C=O) groups is 2. The van der Waals surface area contributed by atoms with E-state index < -0.39 is 11.9 Å². The second-order valence-electron chi connectivity index (χ2n) is 9.02. The average Bonchev–Trinajstić information content (AvgIpc) is 3.30. The summed E-state index contributed by atoms with van der Waals surface area (Å²) in [7, 11) is 0. The molecule has 2 N–H and O–H groups in total. The number of benzene rings is 1. The fourth-order valence-corrected chi connectivity index (χ4v) is 5.07. The highest BCUT2D eigenvalue weighted by Crippen LogP contribution is 2.37. The van der Waals surface area contributed by atoms with Gasteiger partial charge in [-0.3, -0.25) is 9.30 Å². The van der Waals surface area contributed by atoms with Crippen LogP contribution in [-0.4, -0.2) is 66.0 Å². The number of ether oxygens (including phenoxy) is 1. The minimum absolute atomic E-state index is 0.0752. The van der Waals surface area contributed by atoms with E-state index in [-0.39, 0.29) is 17.6 Å². The molecular formula is C25H29FN4O6. The van der Waals surface area contributed by atoms with Gasteiger partial charge in [-0.1, -0.05) is 24.3 Å². The Morgan fingerprint density at radius 1 is 1.00 bits per heavy atom. The Morgan fingerprint density at radius 3 is 2.31 bits per heavy atom. The predicted octanol–water partition coefficient (Wildman–Crippen LogP) is 2.39. The highest BCUT2D eigenvalue weighted by atomic mass is 19.1. The lowest BCUT2D eigenvalue weighted by molar-refractivity contribution is -0.159. The number of carboxylic acid groups (broad SMARTS) is 2. The predicted molar refractivity (Wildman–Crippen MR) is 127 cm³/mol. The van der Waals surface area contributed by atoms with Crippen LogP contribution in [0.25, 0.3) is 5.65 Å². The van der Waals surface area contributed by atoms with E-state index in [2.05, 4.69) is 10.00 Å². The summed E-state index contributed by atoms with van der Waals surface area (Å²) >= 11 is 0. The first kappa shape index (κ1) is 25.5. The molecule has 2 aromatic heterocycles. The summed E-state index contributed by atoms with van der Waals surface area (Å²) in [6.45, 7) is 1.94. The molecule has 0 spiro atoms. The zero-order valence-corrected chi connectivity index (χ0v) is 19.7. The molecule has 2 unspecified atom stereocenters. The van der Waals surface area contributed by atoms with E-state index in [1.807, 2.05) is 24.3 Å². The van der Waals surface area contributed by atoms with E-state index in [0.29, 0.717) is 36.4 Å². The number of aryl methyl sites for hydroxylation is 1. The second kappa shape index (κ2) is 11.4. The van der Waals surface area contributed by atoms with Gasteiger partial charge in [0.15, 0.2) is 5.65 Å². The largest absolute Gasteiger partial charge is 0.473 e. The Kier molecular flexibility index (Phi) is 8.11. The molecule has 2 bridgehead atoms. The molecule has 0 amide bonds. The summed E-state index contributed by atoms with van der Waals surface area (Å²) in [5.74, 6) is -3.84. The number of halogens is 1. The molecule has 0 radical (unpaired) electrons. The van der Waals surface area contributed by atoms with Crippen molar-refractivity contribution in [1.82, 2.24) is 19.1 Å². The van der Waals surface area contributed by atoms with Crippen LogP contribution in [0.4, 0.5) is 4.39 Å². The molecule has 11 heteroatoms. The highest BCUT2D eigenvalue weighted by Gasteiger charge is 2.40. The molecule has 36 heavy (non-hydrogen) atoms. The molecule has 4 heterocycles. The van der Waals surface area contributed by atoms with Crippen LogP contribution in [0.2, 0.25) is 0 Å². The number of rotatable bonds is 7. The number of aromatic nitrogens is 3. The van der Waals surface area contributed by atoms with E-state index in [4.69, 9.17) is 24.5 Å². The first-order valence-corrected chi connectivity index (χ1v) is 11.9. The quantitative estimate of drug-likeness (QED) is 0.474. The Hall–Kier alpha value is -3.57. The maximum Gasteiger partial charge on any atom is 0.414 e. The maximum absolute atomic E-state index is 13.8. The third-order valence-electron chi connectivity index (χ3n) is 6.73. The van der Waals surface area contributed by atoms with E-state index in [0.717, 1.165) is 25.8 Å². The van der Waals surface area contributed by atoms with Gasteiger partial charge < -0.3 is 14.9 Å². The van der Waals surface area contributed by atoms with Crippen LogP contribution in [0.3, 0.4) is 0 Å². The van der Waals surface area contributed by atoms with Gasteiger partial charge in [0.25, 0.3) is 0 Å². The average molecular weight is 501 g/mol. The normalized spacial score (nSPS) is 21.2. The molecule has 2 aliphatic rings. The van der Waals surface area contributed by atoms with Gasteiger partial charge in [-0.25, -0.2) is 23.5 Å². The molecule has 5 rings (SSSR count). The number of carboxylic acids is 2. The number of hydrogen-bond donors (Lipinski definition) is 2. The van der Waals surface area contributed by atoms with Gasteiger partial charge in [0.05, 0.1) is 12.7 Å². The van der Waals surface area contributed by atoms with Crippen LogP contribution in [-0.2, 0) is 27.5 Å². The lowest BCUT2D eigenvalue weighted by Gasteiger charge is -2.38. The van der Waals surface area contributed by atoms with E-state index >= 15 is 0 Å². The molecule has 2 atom stereocenters. The van der Waals surface area contributed by atoms with Crippen LogP contribution >= 0.6 is 0 Å². The molecule has 3 aromatic rings. The molecule has 2 saturated heterocycles. The Balaban J connectivity index is 0.000000455. The number of fused-ring (bicyclic) bond motifs is 3. The fourth-order valence-electron chi connectivity index (χ4n) is 5.07. The van der Waals surface area contributed by atoms with Gasteiger partial charge in [-0.15, -0.1) is 5.10 Å². The smallest absolute Gasteiger partial charge is 0.414 e. The van der Waals surface area contributed by atoms with Crippen molar-refractivity contribution in [1.29, 1.82) is 0 Å². The zero-order chi connectivity index (χ0) is 25.7. The van der Waals surface area contributed by atoms with Crippen molar-refractivity contribution in [2.45, 2.75) is 63.4 Å². The van der Waals surface area contributed by atoms with Crippen molar-refractivity contribution in [3.63, 3.8) is 0 Å². The van der Waals surface area contributed by atoms with Crippen molar-refractivity contribution in [2.24, 2.45) is 0 Å². The van der Waals surface area contributed by atoms with Gasteiger partial charge in [-0.05, 0) is 50.3 Å². The molecule has 192 valence electrons. The molecule has 1 aromatic carbocycles. The third-order valence-corrected chi connectivity index (χ3v) is 6.73. The van der Waals surface area contributed by atoms with E-state index in [1.165, 1.54) is 18.9 Å². The van der Waals surface area contributed by atoms with Gasteiger partial charge in [0.2, 0.25) is 0 Å². The molecule has 2 fully saturated rings. The minimum atomic E-state index is -1.82. The molecule has 0 aliphatic carbocycles. The van der Waals surface area contributed by atoms with Gasteiger partial charge in [0, 0.05) is 36.9 Å². The van der Waals surface area contributed by atoms with Gasteiger partial charge in [0.1, 0.15) is 5.82 Å². The Morgan fingerprint density at radius 2 is 1.67 bits per heavy atom. The standard InChI is InChI=1S/C23H27FN4O2.C2H2O4/c24-21-7-2-1-6-17(21)16-30-20-14-18-9-10-19(15-20)26(18)12-5-13-28-23(29)27-11-4-3-8-22(27)25-28;3-1(4)2(5)6/h1-4,6-8,11,18-20H,5,9-10,12-16H2;(H,3,4)(H,5,6). The highest BCUT2D eigenvalue weighted by molar-refractivity contribution is 6.27. The summed E-state index contributed by atoms with van der Waals surface area (Å²) in [4.78, 5) is 33.2. The van der Waals surface area contributed by atoms with Gasteiger partial charge >= 0.3 is 17.6 Å². The van der Waals surface area contributed by atoms with E-state index in [9.17, 15) is 9.18 Å². The van der Waals surface area contributed by atoms with Crippen molar-refractivity contribution < 1.29 is 28.9 Å². The van der Waals surface area contributed by atoms with Crippen molar-refractivity contribution in [3.8, 4) is 0 Å². The maximum atomic E-state index is 13.8. The fraction of sp³-hybridized carbons (Fsp3) is 0.440. The third kappa shape index (κ3) is 5.97. The summed E-state index contributed by atoms with van der Waals surface area (Å²) in [5, 5.41) is 19.2. The first-order chi connectivity index (χ1) is 17.3. The first-order valence-electron chi connectivity index (χ1n) is 11.9. The summed E-state index contributed by atoms with van der Waals surface area (Å²) in [6.07, 6.45) is 7.24. The van der Waals surface area contributed by atoms with Crippen molar-refractivity contribution in [2.75, 3.05) is 6.54 Å².